The van der Waals surface area contributed by atoms with Gasteiger partial charge in [-0.1, -0.05) is 29.3 Å². The van der Waals surface area contributed by atoms with Crippen LogP contribution < -0.4 is 5.32 Å². The molecule has 0 bridgehead atoms. The summed E-state index contributed by atoms with van der Waals surface area (Å²) >= 11 is 7.49. The van der Waals surface area contributed by atoms with E-state index in [9.17, 15) is 0 Å². The normalized spacial score (nSPS) is 10.6. The standard InChI is InChI=1S/C17H15ClN2S/c1-11-3-4-12(2)15(9-11)16-10-21-17(20-16)19-14-7-5-13(18)6-8-14/h3-10H,1-2H3,(H,19,20). The van der Waals surface area contributed by atoms with Gasteiger partial charge in [0.1, 0.15) is 0 Å². The molecule has 2 nitrogen and oxygen atoms in total. The number of anilines is 2. The summed E-state index contributed by atoms with van der Waals surface area (Å²) < 4.78 is 0. The van der Waals surface area contributed by atoms with Gasteiger partial charge in [-0.25, -0.2) is 4.98 Å². The van der Waals surface area contributed by atoms with Crippen molar-refractivity contribution in [2.75, 3.05) is 5.32 Å². The lowest BCUT2D eigenvalue weighted by Crippen LogP contribution is -1.90. The molecule has 0 aliphatic rings. The van der Waals surface area contributed by atoms with Crippen molar-refractivity contribution in [1.82, 2.24) is 4.98 Å². The Morgan fingerprint density at radius 3 is 2.57 bits per heavy atom. The molecule has 0 aliphatic carbocycles. The monoisotopic (exact) mass is 314 g/mol. The Labute approximate surface area is 133 Å². The van der Waals surface area contributed by atoms with E-state index in [1.165, 1.54) is 16.7 Å². The summed E-state index contributed by atoms with van der Waals surface area (Å²) in [4.78, 5) is 4.67. The van der Waals surface area contributed by atoms with Crippen LogP contribution in [-0.4, -0.2) is 4.98 Å². The van der Waals surface area contributed by atoms with Gasteiger partial charge in [0.15, 0.2) is 5.13 Å². The zero-order valence-corrected chi connectivity index (χ0v) is 13.4. The van der Waals surface area contributed by atoms with E-state index in [2.05, 4.69) is 47.7 Å². The van der Waals surface area contributed by atoms with E-state index in [1.54, 1.807) is 11.3 Å². The van der Waals surface area contributed by atoms with E-state index >= 15 is 0 Å². The van der Waals surface area contributed by atoms with Gasteiger partial charge in [0, 0.05) is 21.7 Å². The lowest BCUT2D eigenvalue weighted by molar-refractivity contribution is 1.33. The lowest BCUT2D eigenvalue weighted by Gasteiger charge is -2.04. The average molecular weight is 315 g/mol. The predicted octanol–water partition coefficient (Wildman–Crippen LogP) is 5.82. The third kappa shape index (κ3) is 3.26. The van der Waals surface area contributed by atoms with Crippen molar-refractivity contribution in [2.45, 2.75) is 13.8 Å². The van der Waals surface area contributed by atoms with Crippen molar-refractivity contribution in [3.63, 3.8) is 0 Å². The molecule has 0 radical (unpaired) electrons. The fourth-order valence-corrected chi connectivity index (χ4v) is 2.98. The second-order valence-corrected chi connectivity index (χ2v) is 6.28. The third-order valence-electron chi connectivity index (χ3n) is 3.27. The van der Waals surface area contributed by atoms with Crippen LogP contribution >= 0.6 is 22.9 Å². The molecule has 3 rings (SSSR count). The Kier molecular flexibility index (Phi) is 3.95. The molecule has 0 unspecified atom stereocenters. The van der Waals surface area contributed by atoms with E-state index < -0.39 is 0 Å². The van der Waals surface area contributed by atoms with Crippen LogP contribution in [-0.2, 0) is 0 Å². The van der Waals surface area contributed by atoms with Crippen molar-refractivity contribution < 1.29 is 0 Å². The first-order valence-electron chi connectivity index (χ1n) is 6.67. The first-order valence-corrected chi connectivity index (χ1v) is 7.93. The highest BCUT2D eigenvalue weighted by Crippen LogP contribution is 2.29. The number of benzene rings is 2. The molecule has 3 aromatic rings. The van der Waals surface area contributed by atoms with Gasteiger partial charge in [-0.05, 0) is 49.7 Å². The van der Waals surface area contributed by atoms with E-state index in [0.717, 1.165) is 21.5 Å². The summed E-state index contributed by atoms with van der Waals surface area (Å²) in [5.74, 6) is 0. The largest absolute Gasteiger partial charge is 0.332 e. The van der Waals surface area contributed by atoms with Gasteiger partial charge in [0.05, 0.1) is 5.69 Å². The highest BCUT2D eigenvalue weighted by atomic mass is 35.5. The van der Waals surface area contributed by atoms with Gasteiger partial charge >= 0.3 is 0 Å². The summed E-state index contributed by atoms with van der Waals surface area (Å²) in [6.45, 7) is 4.21. The van der Waals surface area contributed by atoms with Crippen LogP contribution in [0.3, 0.4) is 0 Å². The fraction of sp³-hybridized carbons (Fsp3) is 0.118. The number of nitrogens with zero attached hydrogens (tertiary/aromatic N) is 1. The summed E-state index contributed by atoms with van der Waals surface area (Å²) in [7, 11) is 0. The molecule has 0 fully saturated rings. The fourth-order valence-electron chi connectivity index (χ4n) is 2.12. The van der Waals surface area contributed by atoms with Crippen LogP contribution in [0.25, 0.3) is 11.3 Å². The van der Waals surface area contributed by atoms with Crippen LogP contribution in [0.4, 0.5) is 10.8 Å². The van der Waals surface area contributed by atoms with Crippen LogP contribution in [0.5, 0.6) is 0 Å². The van der Waals surface area contributed by atoms with Crippen molar-refractivity contribution >= 4 is 33.8 Å². The smallest absolute Gasteiger partial charge is 0.187 e. The summed E-state index contributed by atoms with van der Waals surface area (Å²) in [5, 5.41) is 7.00. The van der Waals surface area contributed by atoms with Crippen LogP contribution in [0.2, 0.25) is 5.02 Å². The molecule has 0 aliphatic heterocycles. The van der Waals surface area contributed by atoms with E-state index in [4.69, 9.17) is 11.6 Å². The minimum atomic E-state index is 0.732. The third-order valence-corrected chi connectivity index (χ3v) is 4.28. The van der Waals surface area contributed by atoms with Crippen molar-refractivity contribution in [3.8, 4) is 11.3 Å². The molecule has 1 aromatic heterocycles. The first kappa shape index (κ1) is 14.1. The van der Waals surface area contributed by atoms with Crippen LogP contribution in [0.1, 0.15) is 11.1 Å². The van der Waals surface area contributed by atoms with Crippen molar-refractivity contribution in [3.05, 3.63) is 64.0 Å². The Morgan fingerprint density at radius 2 is 1.81 bits per heavy atom. The second-order valence-electron chi connectivity index (χ2n) is 4.99. The SMILES string of the molecule is Cc1ccc(C)c(-c2csc(Nc3ccc(Cl)cc3)n2)c1. The number of halogens is 1. The Balaban J connectivity index is 1.86. The first-order chi connectivity index (χ1) is 10.1. The Morgan fingerprint density at radius 1 is 1.05 bits per heavy atom. The van der Waals surface area contributed by atoms with Gasteiger partial charge in [-0.15, -0.1) is 11.3 Å². The second kappa shape index (κ2) is 5.88. The molecule has 0 atom stereocenters. The van der Waals surface area contributed by atoms with Gasteiger partial charge in [0.25, 0.3) is 0 Å². The number of thiazole rings is 1. The minimum Gasteiger partial charge on any atom is -0.332 e. The maximum atomic E-state index is 5.89. The summed E-state index contributed by atoms with van der Waals surface area (Å²) in [6, 6.07) is 14.1. The van der Waals surface area contributed by atoms with Gasteiger partial charge in [-0.3, -0.25) is 0 Å². The molecular weight excluding hydrogens is 300 g/mol. The molecule has 0 saturated carbocycles. The number of aryl methyl sites for hydroxylation is 2. The number of aromatic nitrogens is 1. The van der Waals surface area contributed by atoms with Crippen molar-refractivity contribution in [2.24, 2.45) is 0 Å². The van der Waals surface area contributed by atoms with E-state index in [-0.39, 0.29) is 0 Å². The number of hydrogen-bond acceptors (Lipinski definition) is 3. The van der Waals surface area contributed by atoms with Crippen LogP contribution in [0.15, 0.2) is 47.8 Å². The quantitative estimate of drug-likeness (QED) is 0.658. The van der Waals surface area contributed by atoms with Crippen molar-refractivity contribution in [1.29, 1.82) is 0 Å². The number of rotatable bonds is 3. The maximum Gasteiger partial charge on any atom is 0.187 e. The highest BCUT2D eigenvalue weighted by Gasteiger charge is 2.07. The van der Waals surface area contributed by atoms with E-state index in [0.29, 0.717) is 0 Å². The highest BCUT2D eigenvalue weighted by molar-refractivity contribution is 7.14. The van der Waals surface area contributed by atoms with Gasteiger partial charge < -0.3 is 5.32 Å². The molecule has 0 saturated heterocycles. The van der Waals surface area contributed by atoms with E-state index in [1.807, 2.05) is 24.3 Å². The van der Waals surface area contributed by atoms with Crippen LogP contribution in [0, 0.1) is 13.8 Å². The average Bonchev–Trinajstić information content (AvgIpc) is 2.92. The lowest BCUT2D eigenvalue weighted by atomic mass is 10.0. The Bertz CT molecular complexity index is 763. The molecule has 0 amide bonds. The zero-order chi connectivity index (χ0) is 14.8. The molecule has 2 aromatic carbocycles. The topological polar surface area (TPSA) is 24.9 Å². The Hall–Kier alpha value is -1.84. The summed E-state index contributed by atoms with van der Waals surface area (Å²) in [6.07, 6.45) is 0. The molecular formula is C17H15ClN2S. The number of hydrogen-bond donors (Lipinski definition) is 1. The maximum absolute atomic E-state index is 5.89. The molecule has 0 spiro atoms. The van der Waals surface area contributed by atoms with Gasteiger partial charge in [0.2, 0.25) is 0 Å². The zero-order valence-electron chi connectivity index (χ0n) is 11.9. The summed E-state index contributed by atoms with van der Waals surface area (Å²) in [5.41, 5.74) is 5.68. The minimum absolute atomic E-state index is 0.732. The molecule has 21 heavy (non-hydrogen) atoms. The molecule has 1 N–H and O–H groups in total. The van der Waals surface area contributed by atoms with Gasteiger partial charge in [-0.2, -0.15) is 0 Å². The predicted molar refractivity (Wildman–Crippen MR) is 91.8 cm³/mol. The molecule has 1 heterocycles. The number of nitrogens with one attached hydrogen (secondary N) is 1. The molecule has 106 valence electrons. The molecule has 4 heteroatoms.